The average Bonchev–Trinajstić information content (AvgIpc) is 2.63. The molecule has 0 aliphatic carbocycles. The van der Waals surface area contributed by atoms with Gasteiger partial charge in [0.25, 0.3) is 0 Å². The SMILES string of the molecule is Nc1ccc(SCCN2C(=O)CCC2=O)nc1. The molecule has 0 aromatic carbocycles. The molecule has 2 N–H and O–H groups in total. The first kappa shape index (κ1) is 11.9. The van der Waals surface area contributed by atoms with Crippen LogP contribution in [-0.2, 0) is 9.59 Å². The quantitative estimate of drug-likeness (QED) is 0.635. The Morgan fingerprint density at radius 3 is 2.59 bits per heavy atom. The highest BCUT2D eigenvalue weighted by Crippen LogP contribution is 2.18. The summed E-state index contributed by atoms with van der Waals surface area (Å²) in [6, 6.07) is 3.61. The van der Waals surface area contributed by atoms with Crippen LogP contribution in [0.3, 0.4) is 0 Å². The molecule has 0 unspecified atom stereocenters. The number of nitrogens with two attached hydrogens (primary N) is 1. The van der Waals surface area contributed by atoms with Crippen LogP contribution in [0.1, 0.15) is 12.8 Å². The number of carbonyl (C=O) groups is 2. The Balaban J connectivity index is 1.81. The summed E-state index contributed by atoms with van der Waals surface area (Å²) in [6.07, 6.45) is 2.29. The molecule has 0 bridgehead atoms. The number of rotatable bonds is 4. The van der Waals surface area contributed by atoms with E-state index in [9.17, 15) is 9.59 Å². The Labute approximate surface area is 103 Å². The van der Waals surface area contributed by atoms with Crippen LogP contribution in [0.2, 0.25) is 0 Å². The van der Waals surface area contributed by atoms with Crippen LogP contribution in [0.5, 0.6) is 0 Å². The fraction of sp³-hybridized carbons (Fsp3) is 0.364. The standard InChI is InChI=1S/C11H13N3O2S/c12-8-1-2-9(13-7-8)17-6-5-14-10(15)3-4-11(14)16/h1-2,7H,3-6,12H2. The van der Waals surface area contributed by atoms with Gasteiger partial charge in [0.2, 0.25) is 11.8 Å². The summed E-state index contributed by atoms with van der Waals surface area (Å²) in [5, 5.41) is 0.846. The lowest BCUT2D eigenvalue weighted by molar-refractivity contribution is -0.137. The number of hydrogen-bond donors (Lipinski definition) is 1. The van der Waals surface area contributed by atoms with Gasteiger partial charge in [0.15, 0.2) is 0 Å². The zero-order valence-electron chi connectivity index (χ0n) is 9.26. The second kappa shape index (κ2) is 5.18. The monoisotopic (exact) mass is 251 g/mol. The van der Waals surface area contributed by atoms with Crippen molar-refractivity contribution in [2.45, 2.75) is 17.9 Å². The highest BCUT2D eigenvalue weighted by molar-refractivity contribution is 7.99. The number of pyridine rings is 1. The number of hydrogen-bond acceptors (Lipinski definition) is 5. The number of aromatic nitrogens is 1. The number of nitrogens with zero attached hydrogens (tertiary/aromatic N) is 2. The molecule has 1 fully saturated rings. The normalized spacial score (nSPS) is 15.6. The maximum absolute atomic E-state index is 11.3. The minimum absolute atomic E-state index is 0.0686. The van der Waals surface area contributed by atoms with Crippen molar-refractivity contribution in [1.29, 1.82) is 0 Å². The Bertz CT molecular complexity index is 417. The first-order valence-corrected chi connectivity index (χ1v) is 6.33. The minimum Gasteiger partial charge on any atom is -0.397 e. The number of imide groups is 1. The van der Waals surface area contributed by atoms with Crippen molar-refractivity contribution in [3.63, 3.8) is 0 Å². The Morgan fingerprint density at radius 2 is 2.00 bits per heavy atom. The van der Waals surface area contributed by atoms with Crippen molar-refractivity contribution in [3.8, 4) is 0 Å². The molecular formula is C11H13N3O2S. The number of thioether (sulfide) groups is 1. The van der Waals surface area contributed by atoms with E-state index in [2.05, 4.69) is 4.98 Å². The van der Waals surface area contributed by atoms with E-state index in [1.54, 1.807) is 12.3 Å². The number of likely N-dealkylation sites (tertiary alicyclic amines) is 1. The summed E-state index contributed by atoms with van der Waals surface area (Å²) < 4.78 is 0. The summed E-state index contributed by atoms with van der Waals surface area (Å²) in [4.78, 5) is 28.1. The van der Waals surface area contributed by atoms with E-state index in [-0.39, 0.29) is 11.8 Å². The zero-order valence-corrected chi connectivity index (χ0v) is 10.1. The van der Waals surface area contributed by atoms with Crippen molar-refractivity contribution >= 4 is 29.3 Å². The van der Waals surface area contributed by atoms with E-state index in [0.29, 0.717) is 30.8 Å². The van der Waals surface area contributed by atoms with Gasteiger partial charge >= 0.3 is 0 Å². The largest absolute Gasteiger partial charge is 0.397 e. The molecule has 0 saturated carbocycles. The third-order valence-electron chi connectivity index (χ3n) is 2.48. The first-order valence-electron chi connectivity index (χ1n) is 5.34. The zero-order chi connectivity index (χ0) is 12.3. The van der Waals surface area contributed by atoms with E-state index in [4.69, 9.17) is 5.73 Å². The number of anilines is 1. The average molecular weight is 251 g/mol. The topological polar surface area (TPSA) is 76.3 Å². The number of nitrogen functional groups attached to an aromatic ring is 1. The second-order valence-electron chi connectivity index (χ2n) is 3.72. The van der Waals surface area contributed by atoms with Crippen LogP contribution in [0.4, 0.5) is 5.69 Å². The highest BCUT2D eigenvalue weighted by atomic mass is 32.2. The van der Waals surface area contributed by atoms with E-state index in [1.807, 2.05) is 6.07 Å². The van der Waals surface area contributed by atoms with Crippen LogP contribution < -0.4 is 5.73 Å². The fourth-order valence-electron chi connectivity index (χ4n) is 1.59. The lowest BCUT2D eigenvalue weighted by Gasteiger charge is -2.12. The predicted octanol–water partition coefficient (Wildman–Crippen LogP) is 0.905. The van der Waals surface area contributed by atoms with Gasteiger partial charge in [-0.25, -0.2) is 4.98 Å². The van der Waals surface area contributed by atoms with Crippen LogP contribution in [0.15, 0.2) is 23.4 Å². The van der Waals surface area contributed by atoms with Gasteiger partial charge in [-0.15, -0.1) is 11.8 Å². The van der Waals surface area contributed by atoms with Gasteiger partial charge in [-0.2, -0.15) is 0 Å². The summed E-state index contributed by atoms with van der Waals surface area (Å²) in [6.45, 7) is 0.453. The van der Waals surface area contributed by atoms with E-state index in [1.165, 1.54) is 16.7 Å². The molecule has 1 aromatic rings. The lowest BCUT2D eigenvalue weighted by Crippen LogP contribution is -2.31. The summed E-state index contributed by atoms with van der Waals surface area (Å²) in [5.74, 6) is 0.524. The van der Waals surface area contributed by atoms with Crippen molar-refractivity contribution < 1.29 is 9.59 Å². The third kappa shape index (κ3) is 2.97. The molecule has 17 heavy (non-hydrogen) atoms. The van der Waals surface area contributed by atoms with Gasteiger partial charge in [0.05, 0.1) is 16.9 Å². The van der Waals surface area contributed by atoms with E-state index < -0.39 is 0 Å². The van der Waals surface area contributed by atoms with Crippen molar-refractivity contribution in [3.05, 3.63) is 18.3 Å². The van der Waals surface area contributed by atoms with E-state index >= 15 is 0 Å². The van der Waals surface area contributed by atoms with Gasteiger partial charge in [-0.05, 0) is 12.1 Å². The maximum Gasteiger partial charge on any atom is 0.229 e. The first-order chi connectivity index (χ1) is 8.16. The molecule has 6 heteroatoms. The second-order valence-corrected chi connectivity index (χ2v) is 4.83. The molecule has 1 aliphatic rings. The van der Waals surface area contributed by atoms with Gasteiger partial charge in [0, 0.05) is 25.1 Å². The molecule has 0 spiro atoms. The third-order valence-corrected chi connectivity index (χ3v) is 3.40. The molecule has 1 aliphatic heterocycles. The molecule has 0 radical (unpaired) electrons. The Morgan fingerprint density at radius 1 is 1.29 bits per heavy atom. The van der Waals surface area contributed by atoms with Crippen molar-refractivity contribution in [2.24, 2.45) is 0 Å². The van der Waals surface area contributed by atoms with Crippen molar-refractivity contribution in [1.82, 2.24) is 9.88 Å². The number of carbonyl (C=O) groups excluding carboxylic acids is 2. The fourth-order valence-corrected chi connectivity index (χ4v) is 2.37. The molecule has 2 heterocycles. The van der Waals surface area contributed by atoms with Crippen LogP contribution >= 0.6 is 11.8 Å². The molecule has 90 valence electrons. The molecule has 1 saturated heterocycles. The van der Waals surface area contributed by atoms with Crippen LogP contribution in [0, 0.1) is 0 Å². The molecule has 1 aromatic heterocycles. The van der Waals surface area contributed by atoms with Gasteiger partial charge < -0.3 is 5.73 Å². The van der Waals surface area contributed by atoms with Gasteiger partial charge in [-0.3, -0.25) is 14.5 Å². The summed E-state index contributed by atoms with van der Waals surface area (Å²) >= 11 is 1.51. The minimum atomic E-state index is -0.0686. The molecule has 2 rings (SSSR count). The maximum atomic E-state index is 11.3. The van der Waals surface area contributed by atoms with Crippen LogP contribution in [-0.4, -0.2) is 34.0 Å². The molecule has 5 nitrogen and oxygen atoms in total. The summed E-state index contributed by atoms with van der Waals surface area (Å²) in [5.41, 5.74) is 6.15. The molecular weight excluding hydrogens is 238 g/mol. The smallest absolute Gasteiger partial charge is 0.229 e. The number of amides is 2. The highest BCUT2D eigenvalue weighted by Gasteiger charge is 2.27. The van der Waals surface area contributed by atoms with Gasteiger partial charge in [-0.1, -0.05) is 0 Å². The molecule has 0 atom stereocenters. The van der Waals surface area contributed by atoms with Crippen molar-refractivity contribution in [2.75, 3.05) is 18.0 Å². The molecule has 2 amide bonds. The van der Waals surface area contributed by atoms with Crippen LogP contribution in [0.25, 0.3) is 0 Å². The van der Waals surface area contributed by atoms with Gasteiger partial charge in [0.1, 0.15) is 0 Å². The predicted molar refractivity (Wildman–Crippen MR) is 65.3 cm³/mol. The Kier molecular flexibility index (Phi) is 3.63. The Hall–Kier alpha value is -1.56. The lowest BCUT2D eigenvalue weighted by atomic mass is 10.4. The summed E-state index contributed by atoms with van der Waals surface area (Å²) in [7, 11) is 0. The van der Waals surface area contributed by atoms with E-state index in [0.717, 1.165) is 5.03 Å².